The predicted molar refractivity (Wildman–Crippen MR) is 255 cm³/mol. The van der Waals surface area contributed by atoms with Gasteiger partial charge in [-0.2, -0.15) is 10.2 Å². The zero-order chi connectivity index (χ0) is 46.8. The van der Waals surface area contributed by atoms with Crippen LogP contribution in [0.3, 0.4) is 0 Å². The third-order valence-corrected chi connectivity index (χ3v) is 15.3. The molecule has 6 aromatic rings. The van der Waals surface area contributed by atoms with Crippen LogP contribution in [0.25, 0.3) is 33.4 Å². The number of hydrogen-bond donors (Lipinski definition) is 2. The largest absolute Gasteiger partial charge is 0.388 e. The van der Waals surface area contributed by atoms with Gasteiger partial charge >= 0.3 is 0 Å². The SMILES string of the molecule is Cc1nc(N2CC(O)C(F)C2)cc(-n2ncc3cc(C)c(C4CCN(C5COC5)CC4)cc32)n1.Cc1nc(N2CC(O)C(F)C2)cc(-n2ncc3cc(C)c(C4CCN(C5COC5)CC4)cc32)n1. The van der Waals surface area contributed by atoms with Gasteiger partial charge in [-0.3, -0.25) is 9.80 Å². The first kappa shape index (κ1) is 45.2. The Morgan fingerprint density at radius 2 is 0.897 bits per heavy atom. The van der Waals surface area contributed by atoms with Gasteiger partial charge in [0.2, 0.25) is 0 Å². The third kappa shape index (κ3) is 8.83. The van der Waals surface area contributed by atoms with Crippen molar-refractivity contribution >= 4 is 33.4 Å². The third-order valence-electron chi connectivity index (χ3n) is 15.3. The van der Waals surface area contributed by atoms with Crippen LogP contribution in [0, 0.1) is 27.7 Å². The molecule has 0 saturated carbocycles. The number of hydrogen-bond acceptors (Lipinski definition) is 14. The molecule has 6 saturated heterocycles. The molecule has 360 valence electrons. The number of anilines is 2. The van der Waals surface area contributed by atoms with Crippen molar-refractivity contribution in [3.63, 3.8) is 0 Å². The number of nitrogens with zero attached hydrogens (tertiary/aromatic N) is 12. The lowest BCUT2D eigenvalue weighted by Crippen LogP contribution is -2.51. The van der Waals surface area contributed by atoms with Gasteiger partial charge in [0.25, 0.3) is 0 Å². The number of benzene rings is 2. The van der Waals surface area contributed by atoms with Gasteiger partial charge in [-0.25, -0.2) is 38.1 Å². The van der Waals surface area contributed by atoms with Crippen LogP contribution in [0.1, 0.15) is 71.4 Å². The second-order valence-electron chi connectivity index (χ2n) is 19.9. The molecule has 6 fully saturated rings. The Hall–Kier alpha value is -5.24. The summed E-state index contributed by atoms with van der Waals surface area (Å²) >= 11 is 0. The minimum atomic E-state index is -1.27. The molecule has 0 spiro atoms. The van der Waals surface area contributed by atoms with Crippen LogP contribution in [-0.2, 0) is 9.47 Å². The molecule has 4 atom stereocenters. The number of ether oxygens (including phenoxy) is 2. The van der Waals surface area contributed by atoms with Crippen LogP contribution in [0.5, 0.6) is 0 Å². The second-order valence-corrected chi connectivity index (χ2v) is 19.9. The van der Waals surface area contributed by atoms with Crippen LogP contribution < -0.4 is 9.80 Å². The van der Waals surface area contributed by atoms with Crippen LogP contribution in [0.4, 0.5) is 20.4 Å². The maximum absolute atomic E-state index is 13.9. The highest BCUT2D eigenvalue weighted by Crippen LogP contribution is 2.37. The van der Waals surface area contributed by atoms with Gasteiger partial charge in [0.15, 0.2) is 11.6 Å². The van der Waals surface area contributed by atoms with Gasteiger partial charge in [-0.05, 0) is 138 Å². The summed E-state index contributed by atoms with van der Waals surface area (Å²) in [7, 11) is 0. The monoisotopic (exact) mass is 932 g/mol. The van der Waals surface area contributed by atoms with E-state index in [0.717, 1.165) is 100 Å². The van der Waals surface area contributed by atoms with E-state index in [1.165, 1.54) is 22.3 Å². The van der Waals surface area contributed by atoms with E-state index in [-0.39, 0.29) is 26.2 Å². The average Bonchev–Trinajstić information content (AvgIpc) is 4.07. The van der Waals surface area contributed by atoms with E-state index in [0.29, 0.717) is 58.8 Å². The first-order valence-electron chi connectivity index (χ1n) is 24.4. The number of fused-ring (bicyclic) bond motifs is 2. The fourth-order valence-electron chi connectivity index (χ4n) is 11.2. The summed E-state index contributed by atoms with van der Waals surface area (Å²) in [6.07, 6.45) is 3.83. The van der Waals surface area contributed by atoms with E-state index in [1.807, 2.05) is 47.7 Å². The molecular formula is C50H62F2N12O4. The summed E-state index contributed by atoms with van der Waals surface area (Å²) in [5.74, 6) is 4.78. The lowest BCUT2D eigenvalue weighted by molar-refractivity contribution is -0.0712. The van der Waals surface area contributed by atoms with Crippen LogP contribution >= 0.6 is 0 Å². The lowest BCUT2D eigenvalue weighted by atomic mass is 9.85. The highest BCUT2D eigenvalue weighted by molar-refractivity contribution is 5.83. The number of aliphatic hydroxyl groups excluding tert-OH is 2. The molecule has 10 heterocycles. The zero-order valence-corrected chi connectivity index (χ0v) is 39.4. The van der Waals surface area contributed by atoms with Crippen molar-refractivity contribution in [1.29, 1.82) is 0 Å². The minimum Gasteiger partial charge on any atom is -0.388 e. The van der Waals surface area contributed by atoms with Gasteiger partial charge in [-0.15, -0.1) is 0 Å². The van der Waals surface area contributed by atoms with Crippen LogP contribution in [0.15, 0.2) is 48.8 Å². The number of alkyl halides is 2. The highest BCUT2D eigenvalue weighted by Gasteiger charge is 2.35. The lowest BCUT2D eigenvalue weighted by Gasteiger charge is -2.41. The Kier molecular flexibility index (Phi) is 12.4. The number of β-amino-alcohol motifs (C(OH)–C–C–N with tert-alkyl or cyclic N) is 2. The molecule has 0 aliphatic carbocycles. The van der Waals surface area contributed by atoms with Crippen molar-refractivity contribution in [3.8, 4) is 11.6 Å². The van der Waals surface area contributed by atoms with Crippen LogP contribution in [0.2, 0.25) is 0 Å². The Morgan fingerprint density at radius 3 is 1.24 bits per heavy atom. The van der Waals surface area contributed by atoms with E-state index < -0.39 is 24.6 Å². The molecule has 68 heavy (non-hydrogen) atoms. The molecule has 6 aliphatic rings. The summed E-state index contributed by atoms with van der Waals surface area (Å²) < 4.78 is 42.3. The van der Waals surface area contributed by atoms with E-state index in [9.17, 15) is 19.0 Å². The first-order valence-corrected chi connectivity index (χ1v) is 24.4. The molecule has 6 aliphatic heterocycles. The summed E-state index contributed by atoms with van der Waals surface area (Å²) in [6.45, 7) is 16.7. The predicted octanol–water partition coefficient (Wildman–Crippen LogP) is 5.06. The molecule has 18 heteroatoms. The Labute approximate surface area is 394 Å². The normalized spacial score (nSPS) is 24.8. The maximum Gasteiger partial charge on any atom is 0.159 e. The summed E-state index contributed by atoms with van der Waals surface area (Å²) in [5, 5.41) is 31.1. The number of aryl methyl sites for hydroxylation is 4. The number of aromatic nitrogens is 8. The number of aliphatic hydroxyl groups is 2. The smallest absolute Gasteiger partial charge is 0.159 e. The van der Waals surface area contributed by atoms with Crippen molar-refractivity contribution in [1.82, 2.24) is 49.3 Å². The van der Waals surface area contributed by atoms with Gasteiger partial charge in [-0.1, -0.05) is 0 Å². The maximum atomic E-state index is 13.9. The van der Waals surface area contributed by atoms with E-state index in [4.69, 9.17) is 9.47 Å². The zero-order valence-electron chi connectivity index (χ0n) is 39.4. The van der Waals surface area contributed by atoms with Gasteiger partial charge in [0, 0.05) is 36.0 Å². The fraction of sp³-hybridized carbons (Fsp3) is 0.560. The molecule has 2 N–H and O–H groups in total. The van der Waals surface area contributed by atoms with Gasteiger partial charge in [0.05, 0.1) is 75.0 Å². The van der Waals surface area contributed by atoms with Gasteiger partial charge < -0.3 is 29.5 Å². The standard InChI is InChI=1S/2C25H31FN6O2/c2*1-15-7-18-10-27-32(25-9-24(28-16(2)29-25)31-11-21(26)23(33)12-31)22(18)8-20(15)17-3-5-30(6-4-17)19-13-34-14-19/h2*7-10,17,19,21,23,33H,3-6,11-14H2,1-2H3. The van der Waals surface area contributed by atoms with Gasteiger partial charge in [0.1, 0.15) is 47.8 Å². The average molecular weight is 933 g/mol. The Balaban J connectivity index is 0.000000149. The Morgan fingerprint density at radius 1 is 0.515 bits per heavy atom. The Bertz CT molecular complexity index is 2570. The number of rotatable bonds is 8. The molecule has 12 rings (SSSR count). The van der Waals surface area contributed by atoms with Crippen molar-refractivity contribution in [2.75, 3.05) is 88.6 Å². The number of piperidine rings is 2. The quantitative estimate of drug-likeness (QED) is 0.209. The van der Waals surface area contributed by atoms with E-state index in [2.05, 4.69) is 78.0 Å². The number of halogens is 2. The molecule has 4 unspecified atom stereocenters. The molecular weight excluding hydrogens is 871 g/mol. The summed E-state index contributed by atoms with van der Waals surface area (Å²) in [4.78, 5) is 26.9. The summed E-state index contributed by atoms with van der Waals surface area (Å²) in [5.41, 5.74) is 7.41. The number of likely N-dealkylation sites (tertiary alicyclic amines) is 2. The van der Waals surface area contributed by atoms with E-state index in [1.54, 1.807) is 9.80 Å². The van der Waals surface area contributed by atoms with Crippen molar-refractivity contribution in [2.24, 2.45) is 0 Å². The molecule has 0 radical (unpaired) electrons. The van der Waals surface area contributed by atoms with E-state index >= 15 is 0 Å². The molecule has 0 amide bonds. The molecule has 16 nitrogen and oxygen atoms in total. The summed E-state index contributed by atoms with van der Waals surface area (Å²) in [6, 6.07) is 13.9. The molecule has 2 aromatic carbocycles. The van der Waals surface area contributed by atoms with Crippen molar-refractivity contribution in [2.45, 2.75) is 102 Å². The molecule has 4 aromatic heterocycles. The minimum absolute atomic E-state index is 0.131. The second kappa shape index (κ2) is 18.6. The van der Waals surface area contributed by atoms with Crippen molar-refractivity contribution in [3.05, 3.63) is 82.7 Å². The van der Waals surface area contributed by atoms with Crippen LogP contribution in [-0.4, -0.2) is 175 Å². The fourth-order valence-corrected chi connectivity index (χ4v) is 11.2. The van der Waals surface area contributed by atoms with Crippen molar-refractivity contribution < 1.29 is 28.5 Å². The molecule has 0 bridgehead atoms. The highest BCUT2D eigenvalue weighted by atomic mass is 19.1. The first-order chi connectivity index (χ1) is 32.9. The topological polar surface area (TPSA) is 159 Å².